The zero-order valence-electron chi connectivity index (χ0n) is 15.5. The number of ether oxygens (including phenoxy) is 2. The maximum Gasteiger partial charge on any atom is 0.319 e. The number of rotatable bonds is 4. The second-order valence-corrected chi connectivity index (χ2v) is 6.95. The summed E-state index contributed by atoms with van der Waals surface area (Å²) in [6.07, 6.45) is 0.870. The lowest BCUT2D eigenvalue weighted by molar-refractivity contribution is 0.244. The monoisotopic (exact) mass is 354 g/mol. The van der Waals surface area contributed by atoms with Crippen molar-refractivity contribution in [2.75, 3.05) is 18.5 Å². The molecule has 2 aromatic carbocycles. The molecule has 0 saturated heterocycles. The molecule has 0 saturated carbocycles. The smallest absolute Gasteiger partial charge is 0.319 e. The van der Waals surface area contributed by atoms with Crippen molar-refractivity contribution in [1.82, 2.24) is 5.32 Å². The average molecular weight is 354 g/mol. The first kappa shape index (κ1) is 18.1. The van der Waals surface area contributed by atoms with Crippen LogP contribution in [0.1, 0.15) is 37.4 Å². The van der Waals surface area contributed by atoms with Gasteiger partial charge < -0.3 is 20.1 Å². The van der Waals surface area contributed by atoms with E-state index in [1.165, 1.54) is 0 Å². The summed E-state index contributed by atoms with van der Waals surface area (Å²) in [5.74, 6) is 1.73. The molecule has 2 aromatic rings. The quantitative estimate of drug-likeness (QED) is 0.838. The van der Waals surface area contributed by atoms with Crippen molar-refractivity contribution in [3.63, 3.8) is 0 Å². The summed E-state index contributed by atoms with van der Waals surface area (Å²) in [4.78, 5) is 12.5. The number of urea groups is 1. The van der Waals surface area contributed by atoms with Gasteiger partial charge in [0.15, 0.2) is 11.5 Å². The van der Waals surface area contributed by atoms with Gasteiger partial charge in [0, 0.05) is 12.1 Å². The predicted molar refractivity (Wildman–Crippen MR) is 103 cm³/mol. The van der Waals surface area contributed by atoms with Gasteiger partial charge in [-0.3, -0.25) is 0 Å². The van der Waals surface area contributed by atoms with Crippen molar-refractivity contribution < 1.29 is 14.3 Å². The van der Waals surface area contributed by atoms with Crippen LogP contribution in [0.15, 0.2) is 42.5 Å². The van der Waals surface area contributed by atoms with Gasteiger partial charge >= 0.3 is 6.03 Å². The molecule has 3 rings (SSSR count). The van der Waals surface area contributed by atoms with Crippen molar-refractivity contribution >= 4 is 11.7 Å². The van der Waals surface area contributed by atoms with Gasteiger partial charge in [-0.25, -0.2) is 4.79 Å². The highest BCUT2D eigenvalue weighted by Crippen LogP contribution is 2.34. The molecule has 1 heterocycles. The molecule has 1 aliphatic heterocycles. The van der Waals surface area contributed by atoms with Gasteiger partial charge in [-0.15, -0.1) is 0 Å². The third kappa shape index (κ3) is 4.48. The van der Waals surface area contributed by atoms with E-state index in [9.17, 15) is 4.79 Å². The number of fused-ring (bicyclic) bond motifs is 1. The molecule has 2 amide bonds. The molecule has 5 heteroatoms. The second kappa shape index (κ2) is 8.13. The minimum Gasteiger partial charge on any atom is -0.490 e. The molecule has 5 nitrogen and oxygen atoms in total. The molecular formula is C21H26N2O3. The zero-order valence-corrected chi connectivity index (χ0v) is 15.5. The molecule has 0 spiro atoms. The fraction of sp³-hybridized carbons (Fsp3) is 0.381. The van der Waals surface area contributed by atoms with Gasteiger partial charge in [0.25, 0.3) is 0 Å². The van der Waals surface area contributed by atoms with Gasteiger partial charge in [0.2, 0.25) is 0 Å². The SMILES string of the molecule is Cc1cccc(NC(=O)N[C@H](c2ccc3c(c2)OCCCO3)C(C)C)c1. The van der Waals surface area contributed by atoms with E-state index < -0.39 is 0 Å². The molecule has 26 heavy (non-hydrogen) atoms. The van der Waals surface area contributed by atoms with Crippen LogP contribution in [-0.4, -0.2) is 19.2 Å². The zero-order chi connectivity index (χ0) is 18.5. The number of hydrogen-bond donors (Lipinski definition) is 2. The highest BCUT2D eigenvalue weighted by molar-refractivity contribution is 5.89. The van der Waals surface area contributed by atoms with E-state index in [0.717, 1.165) is 34.7 Å². The maximum absolute atomic E-state index is 12.5. The molecular weight excluding hydrogens is 328 g/mol. The van der Waals surface area contributed by atoms with Crippen LogP contribution >= 0.6 is 0 Å². The van der Waals surface area contributed by atoms with Crippen LogP contribution < -0.4 is 20.1 Å². The van der Waals surface area contributed by atoms with Crippen LogP contribution in [0.2, 0.25) is 0 Å². The Labute approximate surface area is 154 Å². The van der Waals surface area contributed by atoms with E-state index in [1.807, 2.05) is 49.4 Å². The summed E-state index contributed by atoms with van der Waals surface area (Å²) < 4.78 is 11.5. The van der Waals surface area contributed by atoms with Gasteiger partial charge in [-0.05, 0) is 48.2 Å². The lowest BCUT2D eigenvalue weighted by atomic mass is 9.96. The molecule has 0 unspecified atom stereocenters. The first-order chi connectivity index (χ1) is 12.5. The van der Waals surface area contributed by atoms with E-state index in [4.69, 9.17) is 9.47 Å². The van der Waals surface area contributed by atoms with Gasteiger partial charge in [-0.1, -0.05) is 32.0 Å². The summed E-state index contributed by atoms with van der Waals surface area (Å²) in [6, 6.07) is 13.3. The van der Waals surface area contributed by atoms with Gasteiger partial charge in [0.05, 0.1) is 19.3 Å². The van der Waals surface area contributed by atoms with Crippen molar-refractivity contribution in [2.45, 2.75) is 33.2 Å². The average Bonchev–Trinajstić information content (AvgIpc) is 2.84. The largest absolute Gasteiger partial charge is 0.490 e. The molecule has 2 N–H and O–H groups in total. The molecule has 0 aliphatic carbocycles. The summed E-state index contributed by atoms with van der Waals surface area (Å²) >= 11 is 0. The number of hydrogen-bond acceptors (Lipinski definition) is 3. The minimum absolute atomic E-state index is 0.128. The number of benzene rings is 2. The predicted octanol–water partition coefficient (Wildman–Crippen LogP) is 4.68. The Hall–Kier alpha value is -2.69. The summed E-state index contributed by atoms with van der Waals surface area (Å²) in [5, 5.41) is 5.98. The minimum atomic E-state index is -0.221. The first-order valence-corrected chi connectivity index (χ1v) is 9.06. The number of aryl methyl sites for hydroxylation is 1. The normalized spacial score (nSPS) is 14.5. The molecule has 1 aliphatic rings. The molecule has 0 radical (unpaired) electrons. The first-order valence-electron chi connectivity index (χ1n) is 9.06. The lowest BCUT2D eigenvalue weighted by Crippen LogP contribution is -2.35. The third-order valence-electron chi connectivity index (χ3n) is 4.36. The number of carbonyl (C=O) groups is 1. The van der Waals surface area contributed by atoms with Crippen LogP contribution in [0.4, 0.5) is 10.5 Å². The van der Waals surface area contributed by atoms with Crippen molar-refractivity contribution in [1.29, 1.82) is 0 Å². The van der Waals surface area contributed by atoms with Crippen molar-refractivity contribution in [3.05, 3.63) is 53.6 Å². The topological polar surface area (TPSA) is 59.6 Å². The Morgan fingerprint density at radius 2 is 1.81 bits per heavy atom. The van der Waals surface area contributed by atoms with Crippen molar-refractivity contribution in [3.8, 4) is 11.5 Å². The molecule has 0 aromatic heterocycles. The van der Waals surface area contributed by atoms with E-state index in [0.29, 0.717) is 13.2 Å². The number of carbonyl (C=O) groups excluding carboxylic acids is 1. The molecule has 138 valence electrons. The number of anilines is 1. The van der Waals surface area contributed by atoms with E-state index >= 15 is 0 Å². The standard InChI is InChI=1S/C21H26N2O3/c1-14(2)20(23-21(24)22-17-7-4-6-15(3)12-17)16-8-9-18-19(13-16)26-11-5-10-25-18/h4,6-9,12-14,20H,5,10-11H2,1-3H3,(H2,22,23,24)/t20-/m0/s1. The summed E-state index contributed by atoms with van der Waals surface area (Å²) in [7, 11) is 0. The number of amides is 2. The van der Waals surface area contributed by atoms with E-state index in [1.54, 1.807) is 0 Å². The number of nitrogens with one attached hydrogen (secondary N) is 2. The van der Waals surface area contributed by atoms with Crippen LogP contribution in [0.25, 0.3) is 0 Å². The summed E-state index contributed by atoms with van der Waals surface area (Å²) in [6.45, 7) is 7.47. The van der Waals surface area contributed by atoms with E-state index in [2.05, 4.69) is 24.5 Å². The molecule has 0 bridgehead atoms. The molecule has 1 atom stereocenters. The Kier molecular flexibility index (Phi) is 5.66. The Morgan fingerprint density at radius 1 is 1.04 bits per heavy atom. The fourth-order valence-corrected chi connectivity index (χ4v) is 3.04. The Bertz CT molecular complexity index is 774. The Balaban J connectivity index is 1.74. The Morgan fingerprint density at radius 3 is 2.54 bits per heavy atom. The van der Waals surface area contributed by atoms with Crippen LogP contribution in [0.3, 0.4) is 0 Å². The molecule has 0 fully saturated rings. The fourth-order valence-electron chi connectivity index (χ4n) is 3.04. The van der Waals surface area contributed by atoms with Gasteiger partial charge in [-0.2, -0.15) is 0 Å². The van der Waals surface area contributed by atoms with Crippen LogP contribution in [0.5, 0.6) is 11.5 Å². The van der Waals surface area contributed by atoms with Crippen molar-refractivity contribution in [2.24, 2.45) is 5.92 Å². The van der Waals surface area contributed by atoms with Crippen LogP contribution in [-0.2, 0) is 0 Å². The lowest BCUT2D eigenvalue weighted by Gasteiger charge is -2.24. The summed E-state index contributed by atoms with van der Waals surface area (Å²) in [5.41, 5.74) is 2.89. The van der Waals surface area contributed by atoms with E-state index in [-0.39, 0.29) is 18.0 Å². The van der Waals surface area contributed by atoms with Crippen LogP contribution in [0, 0.1) is 12.8 Å². The van der Waals surface area contributed by atoms with Gasteiger partial charge in [0.1, 0.15) is 0 Å². The third-order valence-corrected chi connectivity index (χ3v) is 4.36. The second-order valence-electron chi connectivity index (χ2n) is 6.95. The highest BCUT2D eigenvalue weighted by Gasteiger charge is 2.21. The maximum atomic E-state index is 12.5. The highest BCUT2D eigenvalue weighted by atomic mass is 16.5.